The van der Waals surface area contributed by atoms with Crippen LogP contribution in [0.4, 0.5) is 5.00 Å². The summed E-state index contributed by atoms with van der Waals surface area (Å²) in [6, 6.07) is 7.87. The predicted molar refractivity (Wildman–Crippen MR) is 72.5 cm³/mol. The molecule has 0 bridgehead atoms. The Morgan fingerprint density at radius 1 is 1.29 bits per heavy atom. The Bertz CT molecular complexity index is 508. The highest BCUT2D eigenvalue weighted by Crippen LogP contribution is 2.36. The van der Waals surface area contributed by atoms with Gasteiger partial charge in [-0.3, -0.25) is 0 Å². The minimum absolute atomic E-state index is 0.641. The van der Waals surface area contributed by atoms with Crippen molar-refractivity contribution < 1.29 is 4.74 Å². The first-order chi connectivity index (χ1) is 8.26. The summed E-state index contributed by atoms with van der Waals surface area (Å²) in [6.07, 6.45) is 0.908. The molecule has 3 nitrogen and oxygen atoms in total. The summed E-state index contributed by atoms with van der Waals surface area (Å²) in [6.45, 7) is 4.69. The Kier molecular flexibility index (Phi) is 3.64. The van der Waals surface area contributed by atoms with Gasteiger partial charge in [-0.2, -0.15) is 0 Å². The zero-order valence-electron chi connectivity index (χ0n) is 10.1. The number of hydrogen-bond donors (Lipinski definition) is 1. The molecule has 0 saturated carbocycles. The third-order valence-corrected chi connectivity index (χ3v) is 3.47. The van der Waals surface area contributed by atoms with Crippen molar-refractivity contribution in [1.29, 1.82) is 0 Å². The van der Waals surface area contributed by atoms with E-state index in [-0.39, 0.29) is 0 Å². The molecule has 0 fully saturated rings. The molecule has 4 heteroatoms. The highest BCUT2D eigenvalue weighted by Gasteiger charge is 2.13. The van der Waals surface area contributed by atoms with Crippen molar-refractivity contribution in [2.24, 2.45) is 0 Å². The summed E-state index contributed by atoms with van der Waals surface area (Å²) in [5.74, 6) is 0.842. The quantitative estimate of drug-likeness (QED) is 0.902. The van der Waals surface area contributed by atoms with Crippen LogP contribution in [0, 0.1) is 0 Å². The van der Waals surface area contributed by atoms with Gasteiger partial charge >= 0.3 is 0 Å². The Morgan fingerprint density at radius 3 is 2.71 bits per heavy atom. The van der Waals surface area contributed by atoms with E-state index >= 15 is 0 Å². The Balaban J connectivity index is 2.47. The Hall–Kier alpha value is -1.55. The van der Waals surface area contributed by atoms with E-state index in [4.69, 9.17) is 10.5 Å². The number of nitrogens with two attached hydrogens (primary N) is 1. The lowest BCUT2D eigenvalue weighted by atomic mass is 10.1. The van der Waals surface area contributed by atoms with Crippen LogP contribution in [0.5, 0.6) is 5.75 Å². The molecule has 90 valence electrons. The largest absolute Gasteiger partial charge is 0.493 e. The zero-order chi connectivity index (χ0) is 12.3. The minimum Gasteiger partial charge on any atom is -0.493 e. The van der Waals surface area contributed by atoms with Gasteiger partial charge in [0, 0.05) is 5.56 Å². The normalized spacial score (nSPS) is 10.5. The van der Waals surface area contributed by atoms with E-state index in [0.29, 0.717) is 6.61 Å². The van der Waals surface area contributed by atoms with Crippen molar-refractivity contribution in [1.82, 2.24) is 4.98 Å². The molecule has 2 aromatic rings. The van der Waals surface area contributed by atoms with E-state index in [0.717, 1.165) is 33.4 Å². The Morgan fingerprint density at radius 2 is 2.06 bits per heavy atom. The highest BCUT2D eigenvalue weighted by atomic mass is 32.1. The molecule has 1 heterocycles. The molecule has 0 saturated heterocycles. The topological polar surface area (TPSA) is 48.1 Å². The molecule has 0 aliphatic rings. The molecule has 0 radical (unpaired) electrons. The number of thiazole rings is 1. The number of rotatable bonds is 4. The smallest absolute Gasteiger partial charge is 0.128 e. The van der Waals surface area contributed by atoms with Gasteiger partial charge < -0.3 is 10.5 Å². The second kappa shape index (κ2) is 5.19. The molecular formula is C13H16N2OS. The van der Waals surface area contributed by atoms with Crippen LogP contribution in [0.1, 0.15) is 18.9 Å². The van der Waals surface area contributed by atoms with Crippen LogP contribution in [0.2, 0.25) is 0 Å². The number of aryl methyl sites for hydroxylation is 1. The number of ether oxygens (including phenoxy) is 1. The van der Waals surface area contributed by atoms with Crippen molar-refractivity contribution in [3.05, 3.63) is 29.3 Å². The fraction of sp³-hybridized carbons (Fsp3) is 0.308. The SMILES string of the molecule is CCOc1ccccc1-c1nc(CC)sc1N. The van der Waals surface area contributed by atoms with Gasteiger partial charge in [-0.1, -0.05) is 19.1 Å². The van der Waals surface area contributed by atoms with Crippen molar-refractivity contribution in [3.63, 3.8) is 0 Å². The van der Waals surface area contributed by atoms with Crippen LogP contribution in [0.15, 0.2) is 24.3 Å². The molecule has 0 unspecified atom stereocenters. The summed E-state index contributed by atoms with van der Waals surface area (Å²) < 4.78 is 5.60. The van der Waals surface area contributed by atoms with Crippen LogP contribution in [-0.2, 0) is 6.42 Å². The molecule has 0 aliphatic heterocycles. The molecule has 0 spiro atoms. The number of nitrogens with zero attached hydrogens (tertiary/aromatic N) is 1. The van der Waals surface area contributed by atoms with Gasteiger partial charge in [-0.25, -0.2) is 4.98 Å². The fourth-order valence-electron chi connectivity index (χ4n) is 1.67. The first-order valence-corrected chi connectivity index (χ1v) is 6.55. The zero-order valence-corrected chi connectivity index (χ0v) is 10.9. The van der Waals surface area contributed by atoms with Crippen LogP contribution in [0.25, 0.3) is 11.3 Å². The minimum atomic E-state index is 0.641. The van der Waals surface area contributed by atoms with E-state index in [9.17, 15) is 0 Å². The highest BCUT2D eigenvalue weighted by molar-refractivity contribution is 7.16. The van der Waals surface area contributed by atoms with Gasteiger partial charge in [0.1, 0.15) is 16.4 Å². The van der Waals surface area contributed by atoms with Gasteiger partial charge in [-0.15, -0.1) is 11.3 Å². The summed E-state index contributed by atoms with van der Waals surface area (Å²) in [7, 11) is 0. The maximum atomic E-state index is 6.01. The maximum absolute atomic E-state index is 6.01. The van der Waals surface area contributed by atoms with Gasteiger partial charge in [0.15, 0.2) is 0 Å². The lowest BCUT2D eigenvalue weighted by Crippen LogP contribution is -1.95. The third-order valence-electron chi connectivity index (χ3n) is 2.44. The average Bonchev–Trinajstić information content (AvgIpc) is 2.72. The van der Waals surface area contributed by atoms with E-state index in [1.165, 1.54) is 0 Å². The van der Waals surface area contributed by atoms with E-state index in [1.54, 1.807) is 11.3 Å². The molecule has 0 aliphatic carbocycles. The standard InChI is InChI=1S/C13H16N2OS/c1-3-11-15-12(13(14)17-11)9-7-5-6-8-10(9)16-4-2/h5-8H,3-4,14H2,1-2H3. The summed E-state index contributed by atoms with van der Waals surface area (Å²) in [5, 5.41) is 1.82. The molecule has 2 rings (SSSR count). The number of hydrogen-bond acceptors (Lipinski definition) is 4. The molecule has 17 heavy (non-hydrogen) atoms. The van der Waals surface area contributed by atoms with Gasteiger partial charge in [-0.05, 0) is 25.5 Å². The number of para-hydroxylation sites is 1. The van der Waals surface area contributed by atoms with Gasteiger partial charge in [0.25, 0.3) is 0 Å². The van der Waals surface area contributed by atoms with Gasteiger partial charge in [0.2, 0.25) is 0 Å². The lowest BCUT2D eigenvalue weighted by Gasteiger charge is -2.08. The van der Waals surface area contributed by atoms with Crippen molar-refractivity contribution >= 4 is 16.3 Å². The summed E-state index contributed by atoms with van der Waals surface area (Å²) in [4.78, 5) is 4.55. The van der Waals surface area contributed by atoms with Crippen LogP contribution >= 0.6 is 11.3 Å². The first-order valence-electron chi connectivity index (χ1n) is 5.73. The molecule has 1 aromatic carbocycles. The average molecular weight is 248 g/mol. The predicted octanol–water partition coefficient (Wildman–Crippen LogP) is 3.35. The second-order valence-electron chi connectivity index (χ2n) is 3.60. The number of benzene rings is 1. The molecular weight excluding hydrogens is 232 g/mol. The van der Waals surface area contributed by atoms with Crippen molar-refractivity contribution in [3.8, 4) is 17.0 Å². The van der Waals surface area contributed by atoms with Gasteiger partial charge in [0.05, 0.1) is 11.6 Å². The molecule has 1 aromatic heterocycles. The van der Waals surface area contributed by atoms with E-state index < -0.39 is 0 Å². The Labute approximate surface area is 105 Å². The van der Waals surface area contributed by atoms with E-state index in [2.05, 4.69) is 11.9 Å². The van der Waals surface area contributed by atoms with Crippen molar-refractivity contribution in [2.45, 2.75) is 20.3 Å². The fourth-order valence-corrected chi connectivity index (χ4v) is 2.45. The number of nitrogen functional groups attached to an aromatic ring is 1. The van der Waals surface area contributed by atoms with Crippen molar-refractivity contribution in [2.75, 3.05) is 12.3 Å². The molecule has 0 atom stereocenters. The second-order valence-corrected chi connectivity index (χ2v) is 4.72. The first kappa shape index (κ1) is 11.9. The van der Waals surface area contributed by atoms with Crippen LogP contribution in [-0.4, -0.2) is 11.6 Å². The monoisotopic (exact) mass is 248 g/mol. The lowest BCUT2D eigenvalue weighted by molar-refractivity contribution is 0.341. The van der Waals surface area contributed by atoms with Crippen LogP contribution < -0.4 is 10.5 Å². The third kappa shape index (κ3) is 2.42. The molecule has 0 amide bonds. The summed E-state index contributed by atoms with van der Waals surface area (Å²) in [5.41, 5.74) is 7.83. The molecule has 2 N–H and O–H groups in total. The van der Waals surface area contributed by atoms with E-state index in [1.807, 2.05) is 31.2 Å². The summed E-state index contributed by atoms with van der Waals surface area (Å²) >= 11 is 1.55. The number of aromatic nitrogens is 1. The van der Waals surface area contributed by atoms with Crippen LogP contribution in [0.3, 0.4) is 0 Å². The maximum Gasteiger partial charge on any atom is 0.128 e. The number of anilines is 1.